The van der Waals surface area contributed by atoms with Gasteiger partial charge in [0.05, 0.1) is 25.4 Å². The molecule has 0 aliphatic heterocycles. The Balaban J connectivity index is 3.39. The Kier molecular flexibility index (Phi) is 57.5. The van der Waals surface area contributed by atoms with E-state index in [1.807, 2.05) is 0 Å². The molecule has 3 N–H and O–H groups in total. The molecule has 6 nitrogen and oxygen atoms in total. The topological polar surface area (TPSA) is 95.9 Å². The van der Waals surface area contributed by atoms with Crippen LogP contribution in [0.3, 0.4) is 0 Å². The molecule has 1 amide bonds. The van der Waals surface area contributed by atoms with Crippen LogP contribution < -0.4 is 5.32 Å². The molecule has 0 heterocycles. The molecular formula is C62H123NO5. The molecule has 406 valence electrons. The maximum Gasteiger partial charge on any atom is 0.305 e. The third-order valence-corrected chi connectivity index (χ3v) is 14.9. The third-order valence-electron chi connectivity index (χ3n) is 14.9. The van der Waals surface area contributed by atoms with Crippen molar-refractivity contribution >= 4 is 11.9 Å². The van der Waals surface area contributed by atoms with Crippen molar-refractivity contribution in [3.63, 3.8) is 0 Å². The average molecular weight is 963 g/mol. The van der Waals surface area contributed by atoms with Crippen molar-refractivity contribution in [2.75, 3.05) is 13.2 Å². The molecule has 0 radical (unpaired) electrons. The number of amides is 1. The Morgan fingerprint density at radius 3 is 0.897 bits per heavy atom. The van der Waals surface area contributed by atoms with E-state index in [9.17, 15) is 19.8 Å². The van der Waals surface area contributed by atoms with Crippen LogP contribution in [0.1, 0.15) is 361 Å². The number of nitrogens with one attached hydrogen (secondary N) is 1. The molecule has 0 aromatic rings. The number of hydrogen-bond donors (Lipinski definition) is 3. The highest BCUT2D eigenvalue weighted by Gasteiger charge is 2.20. The van der Waals surface area contributed by atoms with E-state index in [-0.39, 0.29) is 18.5 Å². The monoisotopic (exact) mass is 962 g/mol. The molecular weight excluding hydrogens is 839 g/mol. The number of unbranched alkanes of at least 4 members (excludes halogenated alkanes) is 48. The van der Waals surface area contributed by atoms with Crippen LogP contribution in [0, 0.1) is 0 Å². The van der Waals surface area contributed by atoms with Gasteiger partial charge in [0.25, 0.3) is 0 Å². The summed E-state index contributed by atoms with van der Waals surface area (Å²) in [5.41, 5.74) is 0. The summed E-state index contributed by atoms with van der Waals surface area (Å²) in [5, 5.41) is 23.3. The largest absolute Gasteiger partial charge is 0.466 e. The summed E-state index contributed by atoms with van der Waals surface area (Å²) in [6, 6.07) is -0.545. The zero-order valence-corrected chi connectivity index (χ0v) is 46.4. The summed E-state index contributed by atoms with van der Waals surface area (Å²) < 4.78 is 5.50. The lowest BCUT2D eigenvalue weighted by molar-refractivity contribution is -0.143. The minimum absolute atomic E-state index is 0.00889. The maximum atomic E-state index is 12.5. The van der Waals surface area contributed by atoms with Crippen molar-refractivity contribution in [1.29, 1.82) is 0 Å². The van der Waals surface area contributed by atoms with E-state index < -0.39 is 12.1 Å². The van der Waals surface area contributed by atoms with E-state index in [2.05, 4.69) is 19.2 Å². The molecule has 0 aromatic carbocycles. The summed E-state index contributed by atoms with van der Waals surface area (Å²) in [6.07, 6.45) is 68.2. The lowest BCUT2D eigenvalue weighted by atomic mass is 10.0. The van der Waals surface area contributed by atoms with Gasteiger partial charge in [-0.05, 0) is 25.7 Å². The van der Waals surface area contributed by atoms with Gasteiger partial charge in [0.2, 0.25) is 5.91 Å². The van der Waals surface area contributed by atoms with E-state index >= 15 is 0 Å². The van der Waals surface area contributed by atoms with Gasteiger partial charge in [-0.25, -0.2) is 0 Å². The van der Waals surface area contributed by atoms with Gasteiger partial charge in [-0.3, -0.25) is 9.59 Å². The van der Waals surface area contributed by atoms with Crippen molar-refractivity contribution in [3.05, 3.63) is 0 Å². The second kappa shape index (κ2) is 58.4. The predicted molar refractivity (Wildman–Crippen MR) is 297 cm³/mol. The summed E-state index contributed by atoms with van der Waals surface area (Å²) >= 11 is 0. The zero-order chi connectivity index (χ0) is 49.3. The number of aliphatic hydroxyl groups excluding tert-OH is 2. The Morgan fingerprint density at radius 1 is 0.353 bits per heavy atom. The van der Waals surface area contributed by atoms with Gasteiger partial charge in [0.15, 0.2) is 0 Å². The molecule has 0 bridgehead atoms. The standard InChI is InChI=1S/C62H123NO5/c1-3-5-7-9-11-13-15-17-19-21-23-28-32-36-40-44-48-52-56-62(67)68-57-53-49-45-41-37-33-29-25-24-27-31-35-39-43-47-51-55-61(66)63-59(58-64)60(65)54-50-46-42-38-34-30-26-22-20-18-16-14-12-10-8-6-4-2/h59-60,64-65H,3-58H2,1-2H3,(H,63,66). The van der Waals surface area contributed by atoms with Crippen LogP contribution in [0.5, 0.6) is 0 Å². The number of esters is 1. The molecule has 2 atom stereocenters. The second-order valence-corrected chi connectivity index (χ2v) is 21.8. The van der Waals surface area contributed by atoms with E-state index in [0.29, 0.717) is 25.9 Å². The molecule has 0 spiro atoms. The van der Waals surface area contributed by atoms with E-state index in [4.69, 9.17) is 4.74 Å². The fraction of sp³-hybridized carbons (Fsp3) is 0.968. The summed E-state index contributed by atoms with van der Waals surface area (Å²) in [5.74, 6) is -0.0289. The number of carbonyl (C=O) groups excluding carboxylic acids is 2. The Morgan fingerprint density at radius 2 is 0.603 bits per heavy atom. The predicted octanol–water partition coefficient (Wildman–Crippen LogP) is 19.5. The van der Waals surface area contributed by atoms with Crippen LogP contribution in [-0.4, -0.2) is 47.4 Å². The molecule has 0 saturated heterocycles. The molecule has 0 rings (SSSR count). The molecule has 2 unspecified atom stereocenters. The summed E-state index contributed by atoms with van der Waals surface area (Å²) in [4.78, 5) is 24.6. The molecule has 6 heteroatoms. The molecule has 0 fully saturated rings. The number of carbonyl (C=O) groups is 2. The lowest BCUT2D eigenvalue weighted by Crippen LogP contribution is -2.45. The fourth-order valence-electron chi connectivity index (χ4n) is 10.1. The number of rotatable bonds is 59. The average Bonchev–Trinajstić information content (AvgIpc) is 3.34. The highest BCUT2D eigenvalue weighted by Crippen LogP contribution is 2.19. The second-order valence-electron chi connectivity index (χ2n) is 21.8. The minimum Gasteiger partial charge on any atom is -0.466 e. The first kappa shape index (κ1) is 66.9. The Bertz CT molecular complexity index is 975. The summed E-state index contributed by atoms with van der Waals surface area (Å²) in [7, 11) is 0. The number of hydrogen-bond acceptors (Lipinski definition) is 5. The van der Waals surface area contributed by atoms with Gasteiger partial charge in [0, 0.05) is 12.8 Å². The smallest absolute Gasteiger partial charge is 0.305 e. The first-order valence-electron chi connectivity index (χ1n) is 31.3. The first-order valence-corrected chi connectivity index (χ1v) is 31.3. The lowest BCUT2D eigenvalue weighted by Gasteiger charge is -2.22. The van der Waals surface area contributed by atoms with Gasteiger partial charge >= 0.3 is 5.97 Å². The van der Waals surface area contributed by atoms with Gasteiger partial charge < -0.3 is 20.3 Å². The number of aliphatic hydroxyl groups is 2. The van der Waals surface area contributed by atoms with Crippen LogP contribution in [0.15, 0.2) is 0 Å². The third kappa shape index (κ3) is 54.2. The Hall–Kier alpha value is -1.14. The van der Waals surface area contributed by atoms with E-state index in [1.165, 1.54) is 289 Å². The first-order chi connectivity index (χ1) is 33.5. The van der Waals surface area contributed by atoms with E-state index in [1.54, 1.807) is 0 Å². The minimum atomic E-state index is -0.668. The van der Waals surface area contributed by atoms with Crippen molar-refractivity contribution in [2.45, 2.75) is 373 Å². The van der Waals surface area contributed by atoms with Gasteiger partial charge in [-0.15, -0.1) is 0 Å². The van der Waals surface area contributed by atoms with Crippen LogP contribution in [0.4, 0.5) is 0 Å². The van der Waals surface area contributed by atoms with Gasteiger partial charge in [-0.1, -0.05) is 322 Å². The van der Waals surface area contributed by atoms with Crippen molar-refractivity contribution in [1.82, 2.24) is 5.32 Å². The number of ether oxygens (including phenoxy) is 1. The molecule has 68 heavy (non-hydrogen) atoms. The molecule has 0 aromatic heterocycles. The molecule has 0 aliphatic rings. The van der Waals surface area contributed by atoms with Crippen LogP contribution in [-0.2, 0) is 14.3 Å². The van der Waals surface area contributed by atoms with Crippen LogP contribution in [0.2, 0.25) is 0 Å². The van der Waals surface area contributed by atoms with Crippen molar-refractivity contribution in [2.24, 2.45) is 0 Å². The van der Waals surface area contributed by atoms with Crippen LogP contribution in [0.25, 0.3) is 0 Å². The van der Waals surface area contributed by atoms with Gasteiger partial charge in [0.1, 0.15) is 0 Å². The highest BCUT2D eigenvalue weighted by molar-refractivity contribution is 5.76. The summed E-state index contributed by atoms with van der Waals surface area (Å²) in [6.45, 7) is 4.98. The van der Waals surface area contributed by atoms with E-state index in [0.717, 1.165) is 38.5 Å². The van der Waals surface area contributed by atoms with Crippen LogP contribution >= 0.6 is 0 Å². The van der Waals surface area contributed by atoms with Gasteiger partial charge in [-0.2, -0.15) is 0 Å². The maximum absolute atomic E-state index is 12.5. The normalized spacial score (nSPS) is 12.5. The highest BCUT2D eigenvalue weighted by atomic mass is 16.5. The van der Waals surface area contributed by atoms with Crippen molar-refractivity contribution < 1.29 is 24.5 Å². The van der Waals surface area contributed by atoms with Crippen molar-refractivity contribution in [3.8, 4) is 0 Å². The fourth-order valence-corrected chi connectivity index (χ4v) is 10.1. The zero-order valence-electron chi connectivity index (χ0n) is 46.4. The quantitative estimate of drug-likeness (QED) is 0.0417. The Labute approximate surface area is 426 Å². The molecule has 0 saturated carbocycles. The molecule has 0 aliphatic carbocycles. The SMILES string of the molecule is CCCCCCCCCCCCCCCCCCCCC(=O)OCCCCCCCCCCCCCCCCCCC(=O)NC(CO)C(O)CCCCCCCCCCCCCCCCCCC.